The molecule has 0 atom stereocenters. The van der Waals surface area contributed by atoms with E-state index in [0.717, 1.165) is 38.4 Å². The molecule has 0 saturated carbocycles. The normalized spacial score (nSPS) is 18.4. The Kier molecular flexibility index (Phi) is 20.2. The molecule has 0 bridgehead atoms. The summed E-state index contributed by atoms with van der Waals surface area (Å²) >= 11 is 1.06. The molecule has 1 saturated heterocycles. The van der Waals surface area contributed by atoms with Crippen LogP contribution in [0.2, 0.25) is 236 Å². The van der Waals surface area contributed by atoms with Crippen LogP contribution in [0.5, 0.6) is 0 Å². The first-order valence-corrected chi connectivity index (χ1v) is 74.9. The fourth-order valence-electron chi connectivity index (χ4n) is 17.3. The van der Waals surface area contributed by atoms with Crippen molar-refractivity contribution in [2.75, 3.05) is 0 Å². The Labute approximate surface area is 465 Å². The summed E-state index contributed by atoms with van der Waals surface area (Å²) < 4.78 is 1.55. The third-order valence-electron chi connectivity index (χ3n) is 15.8. The van der Waals surface area contributed by atoms with Crippen LogP contribution in [0.3, 0.4) is 0 Å². The van der Waals surface area contributed by atoms with Crippen LogP contribution in [0.15, 0.2) is 24.3 Å². The average Bonchev–Trinajstić information content (AvgIpc) is 2.93. The number of hydrogen-bond acceptors (Lipinski definition) is 0. The van der Waals surface area contributed by atoms with Crippen LogP contribution in [0.25, 0.3) is 0 Å². The zero-order valence-electron chi connectivity index (χ0n) is 53.7. The Bertz CT molecular complexity index is 1790. The van der Waals surface area contributed by atoms with Gasteiger partial charge >= 0.3 is 470 Å². The van der Waals surface area contributed by atoms with Crippen LogP contribution >= 0.6 is 0 Å². The van der Waals surface area contributed by atoms with Crippen molar-refractivity contribution >= 4 is 127 Å². The van der Waals surface area contributed by atoms with Crippen LogP contribution in [-0.2, 0) is 0 Å². The second-order valence-electron chi connectivity index (χ2n) is 36.2. The molecule has 1 heterocycles. The van der Waals surface area contributed by atoms with E-state index in [1.165, 1.54) is 0 Å². The van der Waals surface area contributed by atoms with Crippen molar-refractivity contribution < 1.29 is 0 Å². The molecule has 404 valence electrons. The van der Waals surface area contributed by atoms with E-state index >= 15 is 0 Å². The predicted molar refractivity (Wildman–Crippen MR) is 366 cm³/mol. The summed E-state index contributed by atoms with van der Waals surface area (Å²) in [7, 11) is -19.4. The molecule has 1 aliphatic rings. The number of hydrogen-bond donors (Lipinski definition) is 0. The first kappa shape index (κ1) is 66.4. The van der Waals surface area contributed by atoms with E-state index in [4.69, 9.17) is 0 Å². The molecule has 1 fully saturated rings. The quantitative estimate of drug-likeness (QED) is 0.116. The summed E-state index contributed by atoms with van der Waals surface area (Å²) in [5, 5.41) is 4.61. The zero-order chi connectivity index (χ0) is 55.5. The third-order valence-corrected chi connectivity index (χ3v) is 80.5. The molecule has 2 aromatic rings. The predicted octanol–water partition coefficient (Wildman–Crippen LogP) is 19.8. The van der Waals surface area contributed by atoms with Crippen molar-refractivity contribution in [3.05, 3.63) is 68.8 Å². The van der Waals surface area contributed by atoms with Gasteiger partial charge in [0.05, 0.1) is 0 Å². The Morgan fingerprint density at radius 2 is 0.357 bits per heavy atom. The Morgan fingerprint density at radius 3 is 0.471 bits per heavy atom. The van der Waals surface area contributed by atoms with Crippen LogP contribution in [-0.4, -0.2) is 127 Å². The van der Waals surface area contributed by atoms with Gasteiger partial charge in [0.15, 0.2) is 0 Å². The molecule has 14 heteroatoms. The first-order valence-electron chi connectivity index (χ1n) is 28.0. The molecule has 1 aliphatic heterocycles. The molecule has 0 aliphatic carbocycles. The molecule has 3 rings (SSSR count). The molecule has 70 heavy (non-hydrogen) atoms. The fraction of sp³-hybridized carbons (Fsp3) is 0.786. The van der Waals surface area contributed by atoms with E-state index in [-0.39, 0.29) is 0 Å². The maximum atomic E-state index is 3.03. The Hall–Kier alpha value is 2.08. The second-order valence-corrected chi connectivity index (χ2v) is 111. The molecule has 0 unspecified atom stereocenters. The zero-order valence-corrected chi connectivity index (χ0v) is 69.2. The second kappa shape index (κ2) is 21.3. The Balaban J connectivity index is 2.82. The summed E-state index contributed by atoms with van der Waals surface area (Å²) in [4.78, 5) is 0. The van der Waals surface area contributed by atoms with Crippen LogP contribution < -0.4 is 0 Å². The van der Waals surface area contributed by atoms with Crippen molar-refractivity contribution in [2.45, 2.75) is 274 Å². The van der Waals surface area contributed by atoms with E-state index in [1.54, 1.807) is 0 Å². The van der Waals surface area contributed by atoms with Gasteiger partial charge in [-0.1, -0.05) is 0 Å². The van der Waals surface area contributed by atoms with Gasteiger partial charge in [0.25, 0.3) is 0 Å². The molecular weight excluding hydrogens is 1170 g/mol. The number of rotatable bonds is 20. The van der Waals surface area contributed by atoms with Gasteiger partial charge in [-0.3, -0.25) is 0 Å². The third kappa shape index (κ3) is 15.7. The minimum absolute atomic E-state index is 0.531. The van der Waals surface area contributed by atoms with Crippen LogP contribution in [0.1, 0.15) is 82.9 Å². The van der Waals surface area contributed by atoms with Crippen molar-refractivity contribution in [1.82, 2.24) is 0 Å². The summed E-state index contributed by atoms with van der Waals surface area (Å²) in [6, 6.07) is 12.1. The van der Waals surface area contributed by atoms with Crippen molar-refractivity contribution in [2.24, 2.45) is 0 Å². The SMILES string of the molecule is C[Si](C)(C)C(c1cc(C([Si](C)(C)C)[Si](C)(C)C)c(C2[Se]C(c3c(C([Si](C)(C)C)[Si](C)(C)C)cc(C([Si](C)(C)C)[Si](C)(C)C)cc3C([Si](C)(C)C)[Si](C)(C)C)[Se]2)c(C([Si](C)(C)C)[Si](C)(C)C)c1)[Si](C)(C)C. The van der Waals surface area contributed by atoms with E-state index in [1.807, 2.05) is 44.5 Å². The van der Waals surface area contributed by atoms with Crippen LogP contribution in [0.4, 0.5) is 0 Å². The van der Waals surface area contributed by atoms with Gasteiger partial charge in [-0.15, -0.1) is 0 Å². The van der Waals surface area contributed by atoms with Gasteiger partial charge in [-0.2, -0.15) is 0 Å². The molecular formula is C56H120Se2Si12. The molecule has 0 amide bonds. The maximum absolute atomic E-state index is 3.03. The van der Waals surface area contributed by atoms with Gasteiger partial charge in [0, 0.05) is 0 Å². The van der Waals surface area contributed by atoms with E-state index in [9.17, 15) is 0 Å². The topological polar surface area (TPSA) is 0 Å². The van der Waals surface area contributed by atoms with E-state index in [0.29, 0.717) is 29.9 Å². The Morgan fingerprint density at radius 1 is 0.229 bits per heavy atom. The molecule has 2 aromatic carbocycles. The molecule has 0 N–H and O–H groups in total. The van der Waals surface area contributed by atoms with Crippen molar-refractivity contribution in [3.63, 3.8) is 0 Å². The molecule has 0 nitrogen and oxygen atoms in total. The van der Waals surface area contributed by atoms with Crippen LogP contribution in [0, 0.1) is 0 Å². The fourth-order valence-corrected chi connectivity index (χ4v) is 102. The van der Waals surface area contributed by atoms with Crippen molar-refractivity contribution in [1.29, 1.82) is 0 Å². The summed E-state index contributed by atoms with van der Waals surface area (Å²) in [6.07, 6.45) is 0. The van der Waals surface area contributed by atoms with Gasteiger partial charge < -0.3 is 0 Å². The summed E-state index contributed by atoms with van der Waals surface area (Å²) in [5.74, 6) is 0. The standard InChI is InChI=1S/C56H120Se2Si12/c1-59(2,3)51(60(4,5)6)41-37-43(53(63(13,14)15)64(16,17)18)47(44(38-41)54(65(19,20)21)66(22,23)24)49-57-50(58-49)48-45(55(67(25,26)27)68(28,29)30)39-42(52(61(7,8)9)62(10,11)12)40-46(48)56(69(31,32)33)70(34,35)36/h37-40,49-56H,1-36H3. The van der Waals surface area contributed by atoms with Crippen molar-refractivity contribution in [3.8, 4) is 0 Å². The van der Waals surface area contributed by atoms with E-state index < -0.39 is 96.9 Å². The molecule has 0 aromatic heterocycles. The average molecular weight is 1290 g/mol. The molecule has 0 radical (unpaired) electrons. The monoisotopic (exact) mass is 1290 g/mol. The van der Waals surface area contributed by atoms with Gasteiger partial charge in [0.1, 0.15) is 0 Å². The van der Waals surface area contributed by atoms with Gasteiger partial charge in [-0.25, -0.2) is 0 Å². The first-order chi connectivity index (χ1) is 30.4. The number of benzene rings is 2. The summed E-state index contributed by atoms with van der Waals surface area (Å²) in [6.45, 7) is 99.5. The summed E-state index contributed by atoms with van der Waals surface area (Å²) in [5.41, 5.74) is 15.4. The van der Waals surface area contributed by atoms with E-state index in [2.05, 4.69) is 260 Å². The minimum atomic E-state index is -1.64. The van der Waals surface area contributed by atoms with Gasteiger partial charge in [0.2, 0.25) is 0 Å². The van der Waals surface area contributed by atoms with Gasteiger partial charge in [-0.05, 0) is 0 Å². The molecule has 0 spiro atoms.